The average molecular weight is 990 g/mol. The third kappa shape index (κ3) is 54.7. The van der Waals surface area contributed by atoms with E-state index in [2.05, 4.69) is 221 Å². The van der Waals surface area contributed by atoms with Crippen molar-refractivity contribution in [3.8, 4) is 0 Å². The first kappa shape index (κ1) is 70.0. The van der Waals surface area contributed by atoms with E-state index in [4.69, 9.17) is 23.9 Å². The van der Waals surface area contributed by atoms with Crippen LogP contribution in [0.25, 0.3) is 0 Å². The quantitative estimate of drug-likeness (QED) is 0.0426. The summed E-state index contributed by atoms with van der Waals surface area (Å²) in [7, 11) is -5.39. The van der Waals surface area contributed by atoms with Crippen molar-refractivity contribution in [3.05, 3.63) is 122 Å². The van der Waals surface area contributed by atoms with Gasteiger partial charge in [-0.3, -0.25) is 4.52 Å². The summed E-state index contributed by atoms with van der Waals surface area (Å²) in [5.74, 6) is 0.650. The van der Waals surface area contributed by atoms with Crippen molar-refractivity contribution in [1.29, 1.82) is 0 Å². The van der Waals surface area contributed by atoms with Gasteiger partial charge in [-0.2, -0.15) is 0 Å². The van der Waals surface area contributed by atoms with Gasteiger partial charge < -0.3 is 23.9 Å². The van der Waals surface area contributed by atoms with Gasteiger partial charge in [0.25, 0.3) is 8.53 Å². The Morgan fingerprint density at radius 2 is 0.765 bits per heavy atom. The van der Waals surface area contributed by atoms with Crippen LogP contribution in [0.5, 0.6) is 0 Å². The van der Waals surface area contributed by atoms with E-state index in [-0.39, 0.29) is 23.7 Å². The molecule has 0 saturated heterocycles. The van der Waals surface area contributed by atoms with Crippen molar-refractivity contribution in [1.82, 2.24) is 4.67 Å². The summed E-state index contributed by atoms with van der Waals surface area (Å²) in [6.45, 7) is 30.1. The molecule has 0 bridgehead atoms. The van der Waals surface area contributed by atoms with Gasteiger partial charge in [0.15, 0.2) is 0 Å². The fraction of sp³-hybridized carbons (Fsp3) is 0.655. The number of phosphoric acid groups is 1. The molecule has 3 N–H and O–H groups in total. The Bertz CT molecular complexity index is 1460. The number of aliphatic hydroxyl groups is 1. The fourth-order valence-electron chi connectivity index (χ4n) is 5.99. The van der Waals surface area contributed by atoms with E-state index in [1.807, 2.05) is 6.92 Å². The Morgan fingerprint density at radius 3 is 1.00 bits per heavy atom. The lowest BCUT2D eigenvalue weighted by Gasteiger charge is -2.41. The molecule has 0 heterocycles. The predicted octanol–water partition coefficient (Wildman–Crippen LogP) is 18.2. The molecule has 0 amide bonds. The molecule has 8 nitrogen and oxygen atoms in total. The van der Waals surface area contributed by atoms with Crippen molar-refractivity contribution >= 4 is 16.3 Å². The Balaban J connectivity index is -0.000000951. The van der Waals surface area contributed by atoms with Crippen LogP contribution >= 0.6 is 16.3 Å². The predicted molar refractivity (Wildman–Crippen MR) is 301 cm³/mol. The van der Waals surface area contributed by atoms with E-state index < -0.39 is 16.3 Å². The van der Waals surface area contributed by atoms with Crippen LogP contribution in [0.3, 0.4) is 0 Å². The highest BCUT2D eigenvalue weighted by Gasteiger charge is 2.34. The maximum Gasteiger partial charge on any atom is 0.469 e. The summed E-state index contributed by atoms with van der Waals surface area (Å²) in [4.78, 5) is 17.5. The van der Waals surface area contributed by atoms with Crippen molar-refractivity contribution in [2.45, 2.75) is 223 Å². The second-order valence-corrected chi connectivity index (χ2v) is 21.8. The molecule has 0 saturated carbocycles. The molecule has 0 rings (SSSR count). The lowest BCUT2D eigenvalue weighted by atomic mass is 10.0. The Morgan fingerprint density at radius 1 is 0.485 bits per heavy atom. The smallest absolute Gasteiger partial charge is 0.396 e. The van der Waals surface area contributed by atoms with Gasteiger partial charge in [-0.05, 0) is 171 Å². The SMILES string of the molecule is CC(C)N(C(C)C)P(OC(C)(C)C)OC(C)(C)C.CC/C=C\C/C=C\C/C=C\C/C=C\C/C=C\CCC(CC)CO.CC/C=C\C/C=C\C/C=C\C/C=C\C/C=C\CCC(CC)COP(=O)(O)O. The maximum absolute atomic E-state index is 10.7. The Labute approximate surface area is 421 Å². The molecule has 0 aromatic heterocycles. The first-order valence-corrected chi connectivity index (χ1v) is 28.6. The normalized spacial score (nSPS) is 14.5. The van der Waals surface area contributed by atoms with Gasteiger partial charge in [-0.15, -0.1) is 0 Å². The van der Waals surface area contributed by atoms with E-state index >= 15 is 0 Å². The van der Waals surface area contributed by atoms with Crippen LogP contribution in [-0.2, 0) is 18.1 Å². The molecule has 0 aromatic rings. The summed E-state index contributed by atoms with van der Waals surface area (Å²) in [6.07, 6.45) is 59.9. The number of allylic oxidation sites excluding steroid dienone is 20. The van der Waals surface area contributed by atoms with Gasteiger partial charge in [0.2, 0.25) is 0 Å². The first-order chi connectivity index (χ1) is 32.2. The third-order valence-corrected chi connectivity index (χ3v) is 12.8. The van der Waals surface area contributed by atoms with Crippen molar-refractivity contribution in [2.24, 2.45) is 11.8 Å². The van der Waals surface area contributed by atoms with E-state index in [1.165, 1.54) is 0 Å². The molecule has 394 valence electrons. The molecule has 0 aliphatic rings. The van der Waals surface area contributed by atoms with Gasteiger partial charge in [-0.25, -0.2) is 9.24 Å². The molecule has 2 atom stereocenters. The molecular formula is C58H105NO7P2. The first-order valence-electron chi connectivity index (χ1n) is 25.9. The number of aliphatic hydroxyl groups excluding tert-OH is 1. The monoisotopic (exact) mass is 990 g/mol. The van der Waals surface area contributed by atoms with E-state index in [0.29, 0.717) is 24.6 Å². The van der Waals surface area contributed by atoms with E-state index in [1.54, 1.807) is 0 Å². The molecule has 0 spiro atoms. The maximum atomic E-state index is 10.7. The molecule has 0 aliphatic heterocycles. The molecule has 68 heavy (non-hydrogen) atoms. The molecule has 10 heteroatoms. The summed E-state index contributed by atoms with van der Waals surface area (Å²) in [5, 5.41) is 9.10. The molecule has 0 radical (unpaired) electrons. The highest BCUT2D eigenvalue weighted by atomic mass is 31.2. The van der Waals surface area contributed by atoms with Gasteiger partial charge in [0, 0.05) is 18.7 Å². The average Bonchev–Trinajstić information content (AvgIpc) is 3.24. The minimum Gasteiger partial charge on any atom is -0.396 e. The zero-order chi connectivity index (χ0) is 52.0. The highest BCUT2D eigenvalue weighted by Crippen LogP contribution is 2.51. The minimum atomic E-state index is -4.35. The lowest BCUT2D eigenvalue weighted by molar-refractivity contribution is 0.0441. The van der Waals surface area contributed by atoms with Crippen LogP contribution in [0, 0.1) is 11.8 Å². The second-order valence-electron chi connectivity index (χ2n) is 19.3. The summed E-state index contributed by atoms with van der Waals surface area (Å²) < 4.78 is 30.0. The molecular weight excluding hydrogens is 885 g/mol. The van der Waals surface area contributed by atoms with E-state index in [0.717, 1.165) is 103 Å². The van der Waals surface area contributed by atoms with Crippen LogP contribution < -0.4 is 0 Å². The lowest BCUT2D eigenvalue weighted by Crippen LogP contribution is -2.37. The van der Waals surface area contributed by atoms with Crippen molar-refractivity contribution in [2.75, 3.05) is 13.2 Å². The number of hydrogen-bond donors (Lipinski definition) is 3. The number of nitrogens with zero attached hydrogens (tertiary/aromatic N) is 1. The topological polar surface area (TPSA) is 109 Å². The van der Waals surface area contributed by atoms with Crippen molar-refractivity contribution < 1.29 is 33.0 Å². The van der Waals surface area contributed by atoms with Crippen LogP contribution in [0.1, 0.15) is 200 Å². The number of hydrogen-bond acceptors (Lipinski definition) is 6. The van der Waals surface area contributed by atoms with E-state index in [9.17, 15) is 4.57 Å². The number of rotatable bonds is 35. The fourth-order valence-corrected chi connectivity index (χ4v) is 8.31. The summed E-state index contributed by atoms with van der Waals surface area (Å²) >= 11 is 0. The van der Waals surface area contributed by atoms with Crippen molar-refractivity contribution in [3.63, 3.8) is 0 Å². The van der Waals surface area contributed by atoms with Crippen LogP contribution in [0.2, 0.25) is 0 Å². The Kier molecular flexibility index (Phi) is 48.5. The zero-order valence-corrected chi connectivity index (χ0v) is 47.7. The molecule has 0 aromatic carbocycles. The van der Waals surface area contributed by atoms with Crippen LogP contribution in [-0.4, -0.2) is 56.1 Å². The molecule has 2 unspecified atom stereocenters. The zero-order valence-electron chi connectivity index (χ0n) is 45.9. The highest BCUT2D eigenvalue weighted by molar-refractivity contribution is 7.46. The van der Waals surface area contributed by atoms with Crippen LogP contribution in [0.15, 0.2) is 122 Å². The Hall–Kier alpha value is -2.22. The minimum absolute atomic E-state index is 0.117. The summed E-state index contributed by atoms with van der Waals surface area (Å²) in [6, 6.07) is 0.807. The molecule has 0 fully saturated rings. The molecule has 0 aliphatic carbocycles. The summed E-state index contributed by atoms with van der Waals surface area (Å²) in [5.41, 5.74) is -0.391. The van der Waals surface area contributed by atoms with Gasteiger partial charge in [0.05, 0.1) is 17.8 Å². The standard InChI is InChI=1S/C22H37O4P.C22H36O.C14H32NO2P/c1-3-5-6-7-8-9-10-11-12-13-14-15-16-17-18-19-20-22(4-2)21-26-27(23,24)25;1-3-5-6-7-8-9-10-11-12-13-14-15-16-17-18-19-20-22(4-2)21-23;1-11(2)15(12(3)4)18(16-13(5,6)7)17-14(8,9)10/h5-6,8-9,11-12,14-15,17-18,22H,3-4,7,10,13,16,19-21H2,1-2H3,(H2,23,24,25);5-6,8-9,11-12,14-15,17-18,22-23H,3-4,7,10,13,16,19-21H2,1-2H3;11-12H,1-10H3/b2*6-5-,9-8-,12-11-,15-14-,18-17-;. The van der Waals surface area contributed by atoms with Gasteiger partial charge in [-0.1, -0.05) is 162 Å². The van der Waals surface area contributed by atoms with Gasteiger partial charge >= 0.3 is 7.82 Å². The third-order valence-electron chi connectivity index (χ3n) is 9.64. The van der Waals surface area contributed by atoms with Crippen LogP contribution in [0.4, 0.5) is 0 Å². The van der Waals surface area contributed by atoms with Gasteiger partial charge in [0.1, 0.15) is 0 Å². The largest absolute Gasteiger partial charge is 0.469 e. The second kappa shape index (κ2) is 47.1. The number of phosphoric ester groups is 1.